The number of fused-ring (bicyclic) bond motifs is 1. The number of nitrogens with zero attached hydrogens (tertiary/aromatic N) is 4. The largest absolute Gasteiger partial charge is 0.448 e. The number of oxazole rings is 1. The van der Waals surface area contributed by atoms with Crippen LogP contribution >= 0.6 is 0 Å². The molecule has 0 spiro atoms. The van der Waals surface area contributed by atoms with Crippen LogP contribution in [0.1, 0.15) is 41.4 Å². The van der Waals surface area contributed by atoms with Gasteiger partial charge < -0.3 is 18.7 Å². The number of carbonyl (C=O) groups excluding carboxylic acids is 1. The van der Waals surface area contributed by atoms with E-state index in [1.807, 2.05) is 23.1 Å². The highest BCUT2D eigenvalue weighted by Gasteiger charge is 2.29. The zero-order chi connectivity index (χ0) is 18.4. The van der Waals surface area contributed by atoms with Crippen LogP contribution in [0.15, 0.2) is 33.4 Å². The molecule has 7 nitrogen and oxygen atoms in total. The molecule has 2 aromatic heterocycles. The summed E-state index contributed by atoms with van der Waals surface area (Å²) >= 11 is 0. The summed E-state index contributed by atoms with van der Waals surface area (Å²) in [6, 6.07) is 5.49. The summed E-state index contributed by atoms with van der Waals surface area (Å²) in [7, 11) is 2.09. The number of rotatable bonds is 3. The van der Waals surface area contributed by atoms with Crippen molar-refractivity contribution in [1.29, 1.82) is 0 Å². The van der Waals surface area contributed by atoms with E-state index in [0.29, 0.717) is 28.5 Å². The summed E-state index contributed by atoms with van der Waals surface area (Å²) in [6.45, 7) is 3.45. The molecule has 2 fully saturated rings. The minimum atomic E-state index is 0.0539. The molecule has 1 saturated heterocycles. The van der Waals surface area contributed by atoms with Gasteiger partial charge in [0.1, 0.15) is 17.7 Å². The molecule has 1 aromatic carbocycles. The van der Waals surface area contributed by atoms with Gasteiger partial charge in [0, 0.05) is 31.1 Å². The standard InChI is InChI=1S/C20H22N4O3/c1-23-7-2-8-24(10-9-23)20(25)14-5-6-17-15(11-14)18(22-27-17)16-12-26-19(21-16)13-3-4-13/h5-6,11-13H,2-4,7-10H2,1H3. The van der Waals surface area contributed by atoms with Gasteiger partial charge in [-0.15, -0.1) is 0 Å². The number of hydrogen-bond donors (Lipinski definition) is 0. The number of aromatic nitrogens is 2. The Morgan fingerprint density at radius 2 is 2.07 bits per heavy atom. The second-order valence-corrected chi connectivity index (χ2v) is 7.54. The van der Waals surface area contributed by atoms with E-state index in [2.05, 4.69) is 22.1 Å². The van der Waals surface area contributed by atoms with Crippen molar-refractivity contribution in [3.63, 3.8) is 0 Å². The fraction of sp³-hybridized carbons (Fsp3) is 0.450. The van der Waals surface area contributed by atoms with Gasteiger partial charge in [-0.25, -0.2) is 4.98 Å². The highest BCUT2D eigenvalue weighted by Crippen LogP contribution is 2.40. The number of amides is 1. The first-order valence-corrected chi connectivity index (χ1v) is 9.52. The second-order valence-electron chi connectivity index (χ2n) is 7.54. The fourth-order valence-corrected chi connectivity index (χ4v) is 3.60. The third-order valence-electron chi connectivity index (χ3n) is 5.41. The van der Waals surface area contributed by atoms with Crippen LogP contribution in [0.4, 0.5) is 0 Å². The molecular weight excluding hydrogens is 344 g/mol. The maximum Gasteiger partial charge on any atom is 0.253 e. The molecule has 1 amide bonds. The maximum atomic E-state index is 13.0. The van der Waals surface area contributed by atoms with Crippen molar-refractivity contribution >= 4 is 16.9 Å². The second kappa shape index (κ2) is 6.49. The number of hydrogen-bond acceptors (Lipinski definition) is 6. The molecule has 27 heavy (non-hydrogen) atoms. The molecule has 0 atom stereocenters. The van der Waals surface area contributed by atoms with E-state index < -0.39 is 0 Å². The average Bonchev–Trinajstić information content (AvgIpc) is 3.33. The van der Waals surface area contributed by atoms with E-state index in [1.54, 1.807) is 6.26 Å². The van der Waals surface area contributed by atoms with Gasteiger partial charge >= 0.3 is 0 Å². The molecule has 0 N–H and O–H groups in total. The zero-order valence-electron chi connectivity index (χ0n) is 15.4. The first-order valence-electron chi connectivity index (χ1n) is 9.52. The molecule has 1 aliphatic carbocycles. The predicted molar refractivity (Wildman–Crippen MR) is 99.5 cm³/mol. The van der Waals surface area contributed by atoms with Gasteiger partial charge in [0.15, 0.2) is 11.5 Å². The van der Waals surface area contributed by atoms with Crippen molar-refractivity contribution < 1.29 is 13.7 Å². The fourth-order valence-electron chi connectivity index (χ4n) is 3.60. The minimum Gasteiger partial charge on any atom is -0.448 e. The van der Waals surface area contributed by atoms with Crippen molar-refractivity contribution in [2.75, 3.05) is 33.2 Å². The summed E-state index contributed by atoms with van der Waals surface area (Å²) in [5.74, 6) is 1.26. The molecule has 1 saturated carbocycles. The van der Waals surface area contributed by atoms with E-state index >= 15 is 0 Å². The number of benzene rings is 1. The monoisotopic (exact) mass is 366 g/mol. The maximum absolute atomic E-state index is 13.0. The minimum absolute atomic E-state index is 0.0539. The summed E-state index contributed by atoms with van der Waals surface area (Å²) in [5, 5.41) is 4.96. The highest BCUT2D eigenvalue weighted by atomic mass is 16.5. The van der Waals surface area contributed by atoms with Crippen molar-refractivity contribution in [2.24, 2.45) is 0 Å². The van der Waals surface area contributed by atoms with Crippen molar-refractivity contribution in [2.45, 2.75) is 25.2 Å². The van der Waals surface area contributed by atoms with E-state index in [0.717, 1.165) is 56.7 Å². The van der Waals surface area contributed by atoms with Crippen LogP contribution in [0.3, 0.4) is 0 Å². The van der Waals surface area contributed by atoms with E-state index in [9.17, 15) is 4.79 Å². The van der Waals surface area contributed by atoms with Crippen molar-refractivity contribution in [3.8, 4) is 11.4 Å². The Morgan fingerprint density at radius 3 is 2.93 bits per heavy atom. The smallest absolute Gasteiger partial charge is 0.253 e. The normalized spacial score (nSPS) is 18.8. The van der Waals surface area contributed by atoms with Gasteiger partial charge in [0.25, 0.3) is 5.91 Å². The van der Waals surface area contributed by atoms with Gasteiger partial charge in [-0.1, -0.05) is 5.16 Å². The third-order valence-corrected chi connectivity index (χ3v) is 5.41. The van der Waals surface area contributed by atoms with Crippen molar-refractivity contribution in [3.05, 3.63) is 35.9 Å². The van der Waals surface area contributed by atoms with Crippen LogP contribution in [0, 0.1) is 0 Å². The van der Waals surface area contributed by atoms with Crippen LogP contribution in [0.25, 0.3) is 22.4 Å². The lowest BCUT2D eigenvalue weighted by Crippen LogP contribution is -2.34. The van der Waals surface area contributed by atoms with Gasteiger partial charge in [-0.3, -0.25) is 4.79 Å². The van der Waals surface area contributed by atoms with E-state index in [4.69, 9.17) is 8.94 Å². The predicted octanol–water partition coefficient (Wildman–Crippen LogP) is 3.14. The SMILES string of the molecule is CN1CCCN(C(=O)c2ccc3onc(-c4coc(C5CC5)n4)c3c2)CC1. The summed E-state index contributed by atoms with van der Waals surface area (Å²) in [4.78, 5) is 21.7. The van der Waals surface area contributed by atoms with Crippen LogP contribution in [0.5, 0.6) is 0 Å². The van der Waals surface area contributed by atoms with E-state index in [1.165, 1.54) is 0 Å². The highest BCUT2D eigenvalue weighted by molar-refractivity contribution is 6.00. The van der Waals surface area contributed by atoms with Crippen LogP contribution < -0.4 is 0 Å². The molecule has 7 heteroatoms. The lowest BCUT2D eigenvalue weighted by molar-refractivity contribution is 0.0763. The van der Waals surface area contributed by atoms with Gasteiger partial charge in [-0.05, 0) is 51.1 Å². The summed E-state index contributed by atoms with van der Waals surface area (Å²) in [5.41, 5.74) is 2.60. The average molecular weight is 366 g/mol. The zero-order valence-corrected chi connectivity index (χ0v) is 15.4. The molecule has 0 radical (unpaired) electrons. The first-order chi connectivity index (χ1) is 13.2. The summed E-state index contributed by atoms with van der Waals surface area (Å²) in [6.07, 6.45) is 4.88. The van der Waals surface area contributed by atoms with Crippen molar-refractivity contribution in [1.82, 2.24) is 19.9 Å². The van der Waals surface area contributed by atoms with E-state index in [-0.39, 0.29) is 5.91 Å². The Morgan fingerprint density at radius 1 is 1.19 bits per heavy atom. The lowest BCUT2D eigenvalue weighted by atomic mass is 10.1. The van der Waals surface area contributed by atoms with Crippen LogP contribution in [-0.2, 0) is 0 Å². The Labute approximate surface area is 156 Å². The molecule has 1 aliphatic heterocycles. The van der Waals surface area contributed by atoms with Gasteiger partial charge in [0.2, 0.25) is 0 Å². The summed E-state index contributed by atoms with van der Waals surface area (Å²) < 4.78 is 11.0. The quantitative estimate of drug-likeness (QED) is 0.709. The Balaban J connectivity index is 1.46. The topological polar surface area (TPSA) is 75.6 Å². The Bertz CT molecular complexity index is 988. The van der Waals surface area contributed by atoms with Gasteiger partial charge in [-0.2, -0.15) is 0 Å². The first kappa shape index (κ1) is 16.5. The number of carbonyl (C=O) groups is 1. The Hall–Kier alpha value is -2.67. The molecule has 0 unspecified atom stereocenters. The molecule has 5 rings (SSSR count). The van der Waals surface area contributed by atoms with Crippen LogP contribution in [-0.4, -0.2) is 59.1 Å². The molecule has 3 aromatic rings. The third kappa shape index (κ3) is 3.12. The molecule has 140 valence electrons. The van der Waals surface area contributed by atoms with Crippen LogP contribution in [0.2, 0.25) is 0 Å². The molecule has 3 heterocycles. The Kier molecular flexibility index (Phi) is 3.97. The molecule has 0 bridgehead atoms. The lowest BCUT2D eigenvalue weighted by Gasteiger charge is -2.20. The molecule has 2 aliphatic rings. The number of likely N-dealkylation sites (N-methyl/N-ethyl adjacent to an activating group) is 1. The van der Waals surface area contributed by atoms with Gasteiger partial charge in [0.05, 0.1) is 5.39 Å². The molecular formula is C20H22N4O3.